The van der Waals surface area contributed by atoms with Crippen LogP contribution in [0.25, 0.3) is 10.9 Å². The second-order valence-corrected chi connectivity index (χ2v) is 8.12. The molecule has 0 saturated carbocycles. The van der Waals surface area contributed by atoms with Crippen LogP contribution in [0.5, 0.6) is 11.5 Å². The number of pyridine rings is 1. The van der Waals surface area contributed by atoms with Crippen LogP contribution in [0.4, 0.5) is 4.39 Å². The summed E-state index contributed by atoms with van der Waals surface area (Å²) in [5.74, 6) is 1.14. The largest absolute Gasteiger partial charge is 0.457 e. The normalized spacial score (nSPS) is 12.1. The summed E-state index contributed by atoms with van der Waals surface area (Å²) in [7, 11) is 0. The van der Waals surface area contributed by atoms with Crippen LogP contribution in [-0.2, 0) is 17.8 Å². The maximum atomic E-state index is 13.5. The average Bonchev–Trinajstić information content (AvgIpc) is 2.85. The maximum absolute atomic E-state index is 13.5. The van der Waals surface area contributed by atoms with Crippen LogP contribution in [0.3, 0.4) is 0 Å². The third kappa shape index (κ3) is 5.71. The van der Waals surface area contributed by atoms with Gasteiger partial charge in [0.05, 0.1) is 12.1 Å². The van der Waals surface area contributed by atoms with Crippen molar-refractivity contribution < 1.29 is 13.9 Å². The van der Waals surface area contributed by atoms with E-state index in [-0.39, 0.29) is 17.4 Å². The number of nitrogens with one attached hydrogen (secondary N) is 1. The fourth-order valence-corrected chi connectivity index (χ4v) is 3.88. The molecule has 0 amide bonds. The number of hydrogen-bond donors (Lipinski definition) is 1. The van der Waals surface area contributed by atoms with Gasteiger partial charge in [0.2, 0.25) is 0 Å². The monoisotopic (exact) mass is 460 g/mol. The van der Waals surface area contributed by atoms with E-state index in [4.69, 9.17) is 9.47 Å². The Labute approximate surface area is 198 Å². The number of hydrogen-bond acceptors (Lipinski definition) is 4. The van der Waals surface area contributed by atoms with Crippen LogP contribution in [0.15, 0.2) is 83.7 Å². The van der Waals surface area contributed by atoms with E-state index in [0.717, 1.165) is 22.2 Å². The molecule has 1 aromatic heterocycles. The maximum Gasteiger partial charge on any atom is 0.255 e. The molecule has 0 aliphatic heterocycles. The molecule has 176 valence electrons. The van der Waals surface area contributed by atoms with Crippen LogP contribution in [0.1, 0.15) is 31.0 Å². The summed E-state index contributed by atoms with van der Waals surface area (Å²) in [4.78, 5) is 13.5. The Morgan fingerprint density at radius 2 is 1.74 bits per heavy atom. The van der Waals surface area contributed by atoms with Gasteiger partial charge in [0.15, 0.2) is 0 Å². The first-order valence-electron chi connectivity index (χ1n) is 11.5. The zero-order valence-corrected chi connectivity index (χ0v) is 19.5. The van der Waals surface area contributed by atoms with Gasteiger partial charge in [-0.2, -0.15) is 0 Å². The lowest BCUT2D eigenvalue weighted by atomic mass is 10.1. The summed E-state index contributed by atoms with van der Waals surface area (Å²) >= 11 is 0. The lowest BCUT2D eigenvalue weighted by molar-refractivity contribution is 0.139. The lowest BCUT2D eigenvalue weighted by Gasteiger charge is -2.19. The number of ether oxygens (including phenoxy) is 2. The smallest absolute Gasteiger partial charge is 0.255 e. The zero-order chi connectivity index (χ0) is 23.9. The summed E-state index contributed by atoms with van der Waals surface area (Å²) in [5, 5.41) is 4.33. The van der Waals surface area contributed by atoms with Crippen LogP contribution >= 0.6 is 0 Å². The summed E-state index contributed by atoms with van der Waals surface area (Å²) in [5.41, 5.74) is 2.35. The minimum Gasteiger partial charge on any atom is -0.457 e. The number of aromatic nitrogens is 1. The van der Waals surface area contributed by atoms with E-state index >= 15 is 0 Å². The van der Waals surface area contributed by atoms with Crippen LogP contribution in [0.2, 0.25) is 0 Å². The summed E-state index contributed by atoms with van der Waals surface area (Å²) < 4.78 is 26.5. The predicted molar refractivity (Wildman–Crippen MR) is 133 cm³/mol. The number of para-hydroxylation sites is 1. The van der Waals surface area contributed by atoms with E-state index in [9.17, 15) is 9.18 Å². The predicted octanol–water partition coefficient (Wildman–Crippen LogP) is 5.82. The Balaban J connectivity index is 1.65. The van der Waals surface area contributed by atoms with Crippen molar-refractivity contribution in [1.82, 2.24) is 9.88 Å². The SMILES string of the molecule is CCOCCn1c(=O)c(C(C)NCc2ccc(F)cc2)cc2ccc(Oc3ccccc3)cc21. The first kappa shape index (κ1) is 23.7. The molecule has 1 atom stereocenters. The van der Waals surface area contributed by atoms with Gasteiger partial charge in [0.1, 0.15) is 17.3 Å². The Morgan fingerprint density at radius 3 is 2.47 bits per heavy atom. The molecule has 0 spiro atoms. The van der Waals surface area contributed by atoms with Crippen molar-refractivity contribution in [2.45, 2.75) is 33.0 Å². The van der Waals surface area contributed by atoms with E-state index < -0.39 is 0 Å². The molecule has 0 aliphatic carbocycles. The lowest BCUT2D eigenvalue weighted by Crippen LogP contribution is -2.31. The van der Waals surface area contributed by atoms with Gasteiger partial charge < -0.3 is 19.4 Å². The molecule has 4 aromatic rings. The molecule has 5 nitrogen and oxygen atoms in total. The van der Waals surface area contributed by atoms with Gasteiger partial charge in [-0.3, -0.25) is 4.79 Å². The molecular weight excluding hydrogens is 431 g/mol. The molecule has 0 saturated heterocycles. The van der Waals surface area contributed by atoms with E-state index in [2.05, 4.69) is 5.32 Å². The van der Waals surface area contributed by atoms with Crippen molar-refractivity contribution >= 4 is 10.9 Å². The molecule has 34 heavy (non-hydrogen) atoms. The van der Waals surface area contributed by atoms with Crippen molar-refractivity contribution in [3.63, 3.8) is 0 Å². The molecule has 0 aliphatic rings. The van der Waals surface area contributed by atoms with E-state index in [1.54, 1.807) is 16.7 Å². The molecule has 6 heteroatoms. The highest BCUT2D eigenvalue weighted by atomic mass is 19.1. The van der Waals surface area contributed by atoms with Gasteiger partial charge in [0, 0.05) is 37.4 Å². The fraction of sp³-hybridized carbons (Fsp3) is 0.250. The first-order valence-corrected chi connectivity index (χ1v) is 11.5. The Hall–Kier alpha value is -3.48. The Kier molecular flexibility index (Phi) is 7.72. The molecule has 1 unspecified atom stereocenters. The summed E-state index contributed by atoms with van der Waals surface area (Å²) in [6, 6.07) is 23.4. The third-order valence-electron chi connectivity index (χ3n) is 5.73. The highest BCUT2D eigenvalue weighted by molar-refractivity contribution is 5.81. The van der Waals surface area contributed by atoms with Crippen molar-refractivity contribution in [2.24, 2.45) is 0 Å². The summed E-state index contributed by atoms with van der Waals surface area (Å²) in [6.45, 7) is 5.90. The number of fused-ring (bicyclic) bond motifs is 1. The van der Waals surface area contributed by atoms with Gasteiger partial charge >= 0.3 is 0 Å². The molecule has 0 fully saturated rings. The summed E-state index contributed by atoms with van der Waals surface area (Å²) in [6.07, 6.45) is 0. The number of halogens is 1. The average molecular weight is 461 g/mol. The van der Waals surface area contributed by atoms with Gasteiger partial charge in [-0.05, 0) is 67.3 Å². The van der Waals surface area contributed by atoms with Crippen molar-refractivity contribution in [3.8, 4) is 11.5 Å². The highest BCUT2D eigenvalue weighted by Crippen LogP contribution is 2.26. The van der Waals surface area contributed by atoms with Crippen molar-refractivity contribution in [1.29, 1.82) is 0 Å². The van der Waals surface area contributed by atoms with Crippen LogP contribution < -0.4 is 15.6 Å². The molecular formula is C28H29FN2O3. The number of benzene rings is 3. The Bertz CT molecular complexity index is 1290. The molecule has 1 heterocycles. The number of rotatable bonds is 10. The molecule has 3 aromatic carbocycles. The van der Waals surface area contributed by atoms with Crippen LogP contribution in [-0.4, -0.2) is 17.8 Å². The first-order chi connectivity index (χ1) is 16.5. The van der Waals surface area contributed by atoms with E-state index in [1.165, 1.54) is 12.1 Å². The van der Waals surface area contributed by atoms with Crippen LogP contribution in [0, 0.1) is 5.82 Å². The van der Waals surface area contributed by atoms with Crippen molar-refractivity contribution in [3.05, 3.63) is 106 Å². The molecule has 1 N–H and O–H groups in total. The second kappa shape index (κ2) is 11.1. The Morgan fingerprint density at radius 1 is 0.971 bits per heavy atom. The number of nitrogens with zero attached hydrogens (tertiary/aromatic N) is 1. The zero-order valence-electron chi connectivity index (χ0n) is 19.5. The van der Waals surface area contributed by atoms with Gasteiger partial charge in [-0.25, -0.2) is 4.39 Å². The van der Waals surface area contributed by atoms with Gasteiger partial charge in [-0.15, -0.1) is 0 Å². The molecule has 4 rings (SSSR count). The second-order valence-electron chi connectivity index (χ2n) is 8.12. The minimum absolute atomic E-state index is 0.0665. The highest BCUT2D eigenvalue weighted by Gasteiger charge is 2.16. The quantitative estimate of drug-likeness (QED) is 0.303. The molecule has 0 radical (unpaired) electrons. The molecule has 0 bridgehead atoms. The van der Waals surface area contributed by atoms with E-state index in [1.807, 2.05) is 68.4 Å². The van der Waals surface area contributed by atoms with Gasteiger partial charge in [-0.1, -0.05) is 30.3 Å². The standard InChI is InChI=1S/C28H29FN2O3/c1-3-33-16-15-31-27-18-25(34-24-7-5-4-6-8-24)14-11-22(27)17-26(28(31)32)20(2)30-19-21-9-12-23(29)13-10-21/h4-14,17-18,20,30H,3,15-16,19H2,1-2H3. The van der Waals surface area contributed by atoms with E-state index in [0.29, 0.717) is 37.6 Å². The fourth-order valence-electron chi connectivity index (χ4n) is 3.88. The third-order valence-corrected chi connectivity index (χ3v) is 5.73. The minimum atomic E-state index is -0.265. The van der Waals surface area contributed by atoms with Gasteiger partial charge in [0.25, 0.3) is 5.56 Å². The topological polar surface area (TPSA) is 52.5 Å². The van der Waals surface area contributed by atoms with Crippen molar-refractivity contribution in [2.75, 3.05) is 13.2 Å².